The standard InChI is InChI=1S/C15H26N2/c1-3-5-6-10-17-11-13-8-7-9-15(16-4-2)14(13)12-17/h11-12,15-16H,3-10H2,1-2H3. The van der Waals surface area contributed by atoms with E-state index in [1.54, 1.807) is 11.1 Å². The van der Waals surface area contributed by atoms with Crippen LogP contribution in [0.4, 0.5) is 0 Å². The number of nitrogens with one attached hydrogen (secondary N) is 1. The van der Waals surface area contributed by atoms with Crippen LogP contribution in [0.1, 0.15) is 63.1 Å². The molecule has 2 rings (SSSR count). The van der Waals surface area contributed by atoms with Crippen LogP contribution in [-0.2, 0) is 13.0 Å². The highest BCUT2D eigenvalue weighted by Gasteiger charge is 2.20. The van der Waals surface area contributed by atoms with Gasteiger partial charge in [0, 0.05) is 25.0 Å². The van der Waals surface area contributed by atoms with Crippen molar-refractivity contribution in [2.75, 3.05) is 6.54 Å². The molecule has 0 saturated carbocycles. The summed E-state index contributed by atoms with van der Waals surface area (Å²) in [5.74, 6) is 0. The molecule has 0 radical (unpaired) electrons. The van der Waals surface area contributed by atoms with Crippen LogP contribution in [0.25, 0.3) is 0 Å². The molecule has 0 aliphatic heterocycles. The molecule has 1 aromatic heterocycles. The first kappa shape index (κ1) is 12.7. The number of rotatable bonds is 6. The SMILES string of the molecule is CCCCCn1cc2c(c1)C(NCC)CCC2. The second-order valence-electron chi connectivity index (χ2n) is 5.19. The number of unbranched alkanes of at least 4 members (excludes halogenated alkanes) is 2. The fourth-order valence-corrected chi connectivity index (χ4v) is 2.88. The molecule has 0 aromatic carbocycles. The molecule has 0 spiro atoms. The Kier molecular flexibility index (Phi) is 4.66. The second-order valence-corrected chi connectivity index (χ2v) is 5.19. The Morgan fingerprint density at radius 3 is 2.94 bits per heavy atom. The predicted octanol–water partition coefficient (Wildman–Crippen LogP) is 3.67. The van der Waals surface area contributed by atoms with Gasteiger partial charge < -0.3 is 9.88 Å². The zero-order valence-corrected chi connectivity index (χ0v) is 11.3. The molecular formula is C15H26N2. The quantitative estimate of drug-likeness (QED) is 0.743. The molecule has 1 aromatic rings. The smallest absolute Gasteiger partial charge is 0.0338 e. The molecule has 1 unspecified atom stereocenters. The molecule has 96 valence electrons. The summed E-state index contributed by atoms with van der Waals surface area (Å²) >= 11 is 0. The maximum absolute atomic E-state index is 3.61. The number of nitrogens with zero attached hydrogens (tertiary/aromatic N) is 1. The number of aryl methyl sites for hydroxylation is 2. The van der Waals surface area contributed by atoms with E-state index < -0.39 is 0 Å². The van der Waals surface area contributed by atoms with Crippen LogP contribution in [0.2, 0.25) is 0 Å². The van der Waals surface area contributed by atoms with Gasteiger partial charge in [-0.15, -0.1) is 0 Å². The van der Waals surface area contributed by atoms with Gasteiger partial charge in [-0.25, -0.2) is 0 Å². The molecule has 0 amide bonds. The summed E-state index contributed by atoms with van der Waals surface area (Å²) in [5, 5.41) is 3.61. The van der Waals surface area contributed by atoms with Gasteiger partial charge in [-0.2, -0.15) is 0 Å². The van der Waals surface area contributed by atoms with Crippen molar-refractivity contribution in [1.82, 2.24) is 9.88 Å². The lowest BCUT2D eigenvalue weighted by molar-refractivity contribution is 0.473. The van der Waals surface area contributed by atoms with Crippen molar-refractivity contribution in [3.8, 4) is 0 Å². The Morgan fingerprint density at radius 2 is 2.18 bits per heavy atom. The minimum atomic E-state index is 0.608. The first-order valence-electron chi connectivity index (χ1n) is 7.27. The highest BCUT2D eigenvalue weighted by atomic mass is 15.0. The number of hydrogen-bond acceptors (Lipinski definition) is 1. The highest BCUT2D eigenvalue weighted by molar-refractivity contribution is 5.30. The molecule has 17 heavy (non-hydrogen) atoms. The van der Waals surface area contributed by atoms with E-state index in [0.29, 0.717) is 6.04 Å². The minimum absolute atomic E-state index is 0.608. The van der Waals surface area contributed by atoms with Crippen LogP contribution in [-0.4, -0.2) is 11.1 Å². The molecule has 1 atom stereocenters. The van der Waals surface area contributed by atoms with Gasteiger partial charge in [-0.05, 0) is 43.4 Å². The van der Waals surface area contributed by atoms with Gasteiger partial charge in [-0.1, -0.05) is 26.7 Å². The molecule has 0 bridgehead atoms. The molecular weight excluding hydrogens is 208 g/mol. The summed E-state index contributed by atoms with van der Waals surface area (Å²) < 4.78 is 2.41. The van der Waals surface area contributed by atoms with E-state index in [2.05, 4.69) is 36.1 Å². The summed E-state index contributed by atoms with van der Waals surface area (Å²) in [6.45, 7) is 6.74. The van der Waals surface area contributed by atoms with Crippen LogP contribution in [0.15, 0.2) is 12.4 Å². The molecule has 1 aliphatic carbocycles. The van der Waals surface area contributed by atoms with E-state index in [1.165, 1.54) is 45.1 Å². The van der Waals surface area contributed by atoms with Crippen molar-refractivity contribution in [3.05, 3.63) is 23.5 Å². The monoisotopic (exact) mass is 234 g/mol. The minimum Gasteiger partial charge on any atom is -0.354 e. The largest absolute Gasteiger partial charge is 0.354 e. The van der Waals surface area contributed by atoms with Crippen LogP contribution >= 0.6 is 0 Å². The third kappa shape index (κ3) is 3.12. The lowest BCUT2D eigenvalue weighted by Crippen LogP contribution is -2.23. The van der Waals surface area contributed by atoms with Crippen LogP contribution in [0.3, 0.4) is 0 Å². The lowest BCUT2D eigenvalue weighted by Gasteiger charge is -2.22. The van der Waals surface area contributed by atoms with E-state index in [-0.39, 0.29) is 0 Å². The normalized spacial score (nSPS) is 19.3. The van der Waals surface area contributed by atoms with E-state index in [0.717, 1.165) is 6.54 Å². The zero-order valence-electron chi connectivity index (χ0n) is 11.3. The average Bonchev–Trinajstić information content (AvgIpc) is 2.74. The fraction of sp³-hybridized carbons (Fsp3) is 0.733. The maximum atomic E-state index is 3.61. The maximum Gasteiger partial charge on any atom is 0.0338 e. The Bertz CT molecular complexity index is 341. The first-order valence-corrected chi connectivity index (χ1v) is 7.27. The molecule has 1 heterocycles. The molecule has 2 nitrogen and oxygen atoms in total. The molecule has 1 aliphatic rings. The summed E-state index contributed by atoms with van der Waals surface area (Å²) in [4.78, 5) is 0. The van der Waals surface area contributed by atoms with Crippen molar-refractivity contribution >= 4 is 0 Å². The van der Waals surface area contributed by atoms with Gasteiger partial charge in [0.05, 0.1) is 0 Å². The lowest BCUT2D eigenvalue weighted by atomic mass is 9.91. The number of hydrogen-bond donors (Lipinski definition) is 1. The van der Waals surface area contributed by atoms with Crippen molar-refractivity contribution < 1.29 is 0 Å². The first-order chi connectivity index (χ1) is 8.35. The predicted molar refractivity (Wildman–Crippen MR) is 73.3 cm³/mol. The van der Waals surface area contributed by atoms with Gasteiger partial charge in [-0.3, -0.25) is 0 Å². The van der Waals surface area contributed by atoms with Crippen LogP contribution in [0, 0.1) is 0 Å². The van der Waals surface area contributed by atoms with Crippen molar-refractivity contribution in [3.63, 3.8) is 0 Å². The third-order valence-corrected chi connectivity index (χ3v) is 3.78. The van der Waals surface area contributed by atoms with E-state index >= 15 is 0 Å². The van der Waals surface area contributed by atoms with Crippen LogP contribution < -0.4 is 5.32 Å². The number of aromatic nitrogens is 1. The summed E-state index contributed by atoms with van der Waals surface area (Å²) in [7, 11) is 0. The van der Waals surface area contributed by atoms with E-state index in [1.807, 2.05) is 0 Å². The summed E-state index contributed by atoms with van der Waals surface area (Å²) in [5.41, 5.74) is 3.15. The molecule has 0 fully saturated rings. The Morgan fingerprint density at radius 1 is 1.29 bits per heavy atom. The third-order valence-electron chi connectivity index (χ3n) is 3.78. The fourth-order valence-electron chi connectivity index (χ4n) is 2.88. The van der Waals surface area contributed by atoms with Crippen LogP contribution in [0.5, 0.6) is 0 Å². The Hall–Kier alpha value is -0.760. The summed E-state index contributed by atoms with van der Waals surface area (Å²) in [6, 6.07) is 0.608. The van der Waals surface area contributed by atoms with Gasteiger partial charge in [0.25, 0.3) is 0 Å². The summed E-state index contributed by atoms with van der Waals surface area (Å²) in [6.07, 6.45) is 12.7. The van der Waals surface area contributed by atoms with Crippen molar-refractivity contribution in [2.45, 2.75) is 65.0 Å². The van der Waals surface area contributed by atoms with Crippen molar-refractivity contribution in [2.24, 2.45) is 0 Å². The van der Waals surface area contributed by atoms with E-state index in [9.17, 15) is 0 Å². The highest BCUT2D eigenvalue weighted by Crippen LogP contribution is 2.30. The second kappa shape index (κ2) is 6.25. The number of fused-ring (bicyclic) bond motifs is 1. The van der Waals surface area contributed by atoms with Gasteiger partial charge in [0.1, 0.15) is 0 Å². The molecule has 0 saturated heterocycles. The molecule has 1 N–H and O–H groups in total. The van der Waals surface area contributed by atoms with E-state index in [4.69, 9.17) is 0 Å². The van der Waals surface area contributed by atoms with Gasteiger partial charge in [0.15, 0.2) is 0 Å². The van der Waals surface area contributed by atoms with Crippen molar-refractivity contribution in [1.29, 1.82) is 0 Å². The van der Waals surface area contributed by atoms with Gasteiger partial charge in [0.2, 0.25) is 0 Å². The Labute approximate surface area is 105 Å². The topological polar surface area (TPSA) is 17.0 Å². The zero-order chi connectivity index (χ0) is 12.1. The Balaban J connectivity index is 2.02. The average molecular weight is 234 g/mol. The molecule has 2 heteroatoms. The van der Waals surface area contributed by atoms with Gasteiger partial charge >= 0.3 is 0 Å².